The van der Waals surface area contributed by atoms with Crippen molar-refractivity contribution < 1.29 is 0 Å². The van der Waals surface area contributed by atoms with E-state index in [4.69, 9.17) is 0 Å². The summed E-state index contributed by atoms with van der Waals surface area (Å²) in [5.74, 6) is 0.841. The first-order chi connectivity index (χ1) is 8.29. The first kappa shape index (κ1) is 12.6. The molecule has 0 radical (unpaired) electrons. The van der Waals surface area contributed by atoms with Crippen molar-refractivity contribution in [3.05, 3.63) is 18.0 Å². The number of nitrogens with one attached hydrogen (secondary N) is 1. The van der Waals surface area contributed by atoms with Crippen LogP contribution in [0.3, 0.4) is 0 Å². The van der Waals surface area contributed by atoms with Gasteiger partial charge in [0.25, 0.3) is 0 Å². The van der Waals surface area contributed by atoms with E-state index in [-0.39, 0.29) is 0 Å². The number of aryl methyl sites for hydroxylation is 1. The lowest BCUT2D eigenvalue weighted by Gasteiger charge is -2.30. The third-order valence-electron chi connectivity index (χ3n) is 3.83. The summed E-state index contributed by atoms with van der Waals surface area (Å²) in [6, 6.07) is 0.597. The van der Waals surface area contributed by atoms with E-state index in [1.54, 1.807) is 0 Å². The molecule has 0 aliphatic heterocycles. The highest BCUT2D eigenvalue weighted by atomic mass is 15.3. The van der Waals surface area contributed by atoms with E-state index in [1.807, 2.05) is 6.20 Å². The molecule has 1 aliphatic carbocycles. The van der Waals surface area contributed by atoms with Gasteiger partial charge in [0.05, 0.1) is 12.7 Å². The predicted molar refractivity (Wildman–Crippen MR) is 71.0 cm³/mol. The zero-order chi connectivity index (χ0) is 12.1. The molecule has 0 aromatic carbocycles. The van der Waals surface area contributed by atoms with Gasteiger partial charge in [-0.25, -0.2) is 0 Å². The Morgan fingerprint density at radius 2 is 2.18 bits per heavy atom. The van der Waals surface area contributed by atoms with Crippen LogP contribution in [0.1, 0.15) is 44.6 Å². The maximum atomic E-state index is 4.41. The standard InChI is InChI=1S/C14H25N3/c1-3-15-14(13-7-5-4-6-8-13)11-17-10-12(2)9-16-17/h9-10,13-15H,3-8,11H2,1-2H3. The second-order valence-electron chi connectivity index (χ2n) is 5.30. The van der Waals surface area contributed by atoms with Gasteiger partial charge in [-0.15, -0.1) is 0 Å². The Hall–Kier alpha value is -0.830. The Labute approximate surface area is 105 Å². The number of nitrogens with zero attached hydrogens (tertiary/aromatic N) is 2. The fourth-order valence-electron chi connectivity index (χ4n) is 2.95. The summed E-state index contributed by atoms with van der Waals surface area (Å²) < 4.78 is 2.09. The lowest BCUT2D eigenvalue weighted by molar-refractivity contribution is 0.245. The van der Waals surface area contributed by atoms with Crippen molar-refractivity contribution in [2.75, 3.05) is 6.54 Å². The molecule has 0 amide bonds. The van der Waals surface area contributed by atoms with E-state index in [0.29, 0.717) is 6.04 Å². The van der Waals surface area contributed by atoms with Gasteiger partial charge in [0.2, 0.25) is 0 Å². The van der Waals surface area contributed by atoms with E-state index in [9.17, 15) is 0 Å². The molecule has 1 atom stereocenters. The van der Waals surface area contributed by atoms with E-state index >= 15 is 0 Å². The number of likely N-dealkylation sites (N-methyl/N-ethyl adjacent to an activating group) is 1. The van der Waals surface area contributed by atoms with Crippen LogP contribution in [0.15, 0.2) is 12.4 Å². The molecule has 3 heteroatoms. The number of hydrogen-bond donors (Lipinski definition) is 1. The summed E-state index contributed by atoms with van der Waals surface area (Å²) in [5, 5.41) is 8.06. The largest absolute Gasteiger partial charge is 0.312 e. The number of aromatic nitrogens is 2. The average molecular weight is 235 g/mol. The van der Waals surface area contributed by atoms with Gasteiger partial charge in [0.1, 0.15) is 0 Å². The minimum absolute atomic E-state index is 0.597. The van der Waals surface area contributed by atoms with Crippen LogP contribution in [0.2, 0.25) is 0 Å². The zero-order valence-corrected chi connectivity index (χ0v) is 11.2. The van der Waals surface area contributed by atoms with Crippen LogP contribution in [-0.2, 0) is 6.54 Å². The van der Waals surface area contributed by atoms with Crippen LogP contribution in [0.25, 0.3) is 0 Å². The molecule has 96 valence electrons. The Morgan fingerprint density at radius 1 is 1.41 bits per heavy atom. The van der Waals surface area contributed by atoms with Crippen molar-refractivity contribution in [1.82, 2.24) is 15.1 Å². The molecule has 1 saturated carbocycles. The van der Waals surface area contributed by atoms with E-state index in [0.717, 1.165) is 19.0 Å². The van der Waals surface area contributed by atoms with Crippen LogP contribution >= 0.6 is 0 Å². The second kappa shape index (κ2) is 6.20. The number of hydrogen-bond acceptors (Lipinski definition) is 2. The van der Waals surface area contributed by atoms with Gasteiger partial charge in [-0.05, 0) is 37.8 Å². The zero-order valence-electron chi connectivity index (χ0n) is 11.2. The third kappa shape index (κ3) is 3.56. The van der Waals surface area contributed by atoms with Crippen molar-refractivity contribution in [2.45, 2.75) is 58.5 Å². The molecule has 0 spiro atoms. The van der Waals surface area contributed by atoms with Gasteiger partial charge >= 0.3 is 0 Å². The van der Waals surface area contributed by atoms with Gasteiger partial charge in [-0.1, -0.05) is 26.2 Å². The van der Waals surface area contributed by atoms with Crippen molar-refractivity contribution in [3.63, 3.8) is 0 Å². The lowest BCUT2D eigenvalue weighted by Crippen LogP contribution is -2.40. The Bertz CT molecular complexity index is 326. The second-order valence-corrected chi connectivity index (χ2v) is 5.30. The molecule has 17 heavy (non-hydrogen) atoms. The van der Waals surface area contributed by atoms with Crippen LogP contribution in [0, 0.1) is 12.8 Å². The van der Waals surface area contributed by atoms with Crippen molar-refractivity contribution in [2.24, 2.45) is 5.92 Å². The van der Waals surface area contributed by atoms with Gasteiger partial charge in [0.15, 0.2) is 0 Å². The summed E-state index contributed by atoms with van der Waals surface area (Å²) in [4.78, 5) is 0. The highest BCUT2D eigenvalue weighted by Crippen LogP contribution is 2.27. The van der Waals surface area contributed by atoms with Crippen LogP contribution in [0.5, 0.6) is 0 Å². The van der Waals surface area contributed by atoms with Gasteiger partial charge < -0.3 is 5.32 Å². The van der Waals surface area contributed by atoms with Crippen molar-refractivity contribution in [1.29, 1.82) is 0 Å². The molecule has 1 aliphatic rings. The first-order valence-corrected chi connectivity index (χ1v) is 7.02. The molecule has 1 heterocycles. The van der Waals surface area contributed by atoms with E-state index in [1.165, 1.54) is 37.7 Å². The molecule has 0 saturated heterocycles. The molecule has 1 fully saturated rings. The fourth-order valence-corrected chi connectivity index (χ4v) is 2.95. The summed E-state index contributed by atoms with van der Waals surface area (Å²) in [7, 11) is 0. The molecule has 0 bridgehead atoms. The summed E-state index contributed by atoms with van der Waals surface area (Å²) in [6.07, 6.45) is 11.1. The molecule has 1 aromatic heterocycles. The van der Waals surface area contributed by atoms with Crippen LogP contribution in [0.4, 0.5) is 0 Å². The third-order valence-corrected chi connectivity index (χ3v) is 3.83. The normalized spacial score (nSPS) is 19.4. The smallest absolute Gasteiger partial charge is 0.0565 e. The monoisotopic (exact) mass is 235 g/mol. The SMILES string of the molecule is CCNC(Cn1cc(C)cn1)C1CCCCC1. The topological polar surface area (TPSA) is 29.9 Å². The number of rotatable bonds is 5. The lowest BCUT2D eigenvalue weighted by atomic mass is 9.84. The molecule has 1 unspecified atom stereocenters. The van der Waals surface area contributed by atoms with Gasteiger partial charge in [-0.2, -0.15) is 5.10 Å². The molecule has 2 rings (SSSR count). The maximum absolute atomic E-state index is 4.41. The Balaban J connectivity index is 1.95. The average Bonchev–Trinajstić information content (AvgIpc) is 2.75. The predicted octanol–water partition coefficient (Wildman–Crippen LogP) is 2.75. The minimum Gasteiger partial charge on any atom is -0.312 e. The van der Waals surface area contributed by atoms with Gasteiger partial charge in [-0.3, -0.25) is 4.68 Å². The molecular formula is C14H25N3. The fraction of sp³-hybridized carbons (Fsp3) is 0.786. The van der Waals surface area contributed by atoms with Crippen molar-refractivity contribution >= 4 is 0 Å². The Kier molecular flexibility index (Phi) is 4.60. The Morgan fingerprint density at radius 3 is 2.76 bits per heavy atom. The summed E-state index contributed by atoms with van der Waals surface area (Å²) in [6.45, 7) is 6.38. The van der Waals surface area contributed by atoms with E-state index in [2.05, 4.69) is 35.1 Å². The summed E-state index contributed by atoms with van der Waals surface area (Å²) >= 11 is 0. The summed E-state index contributed by atoms with van der Waals surface area (Å²) in [5.41, 5.74) is 1.25. The van der Waals surface area contributed by atoms with Crippen LogP contribution < -0.4 is 5.32 Å². The van der Waals surface area contributed by atoms with Crippen molar-refractivity contribution in [3.8, 4) is 0 Å². The highest BCUT2D eigenvalue weighted by Gasteiger charge is 2.23. The molecule has 1 aromatic rings. The van der Waals surface area contributed by atoms with Crippen LogP contribution in [-0.4, -0.2) is 22.4 Å². The maximum Gasteiger partial charge on any atom is 0.0565 e. The molecular weight excluding hydrogens is 210 g/mol. The quantitative estimate of drug-likeness (QED) is 0.850. The van der Waals surface area contributed by atoms with E-state index < -0.39 is 0 Å². The first-order valence-electron chi connectivity index (χ1n) is 7.02. The van der Waals surface area contributed by atoms with Gasteiger partial charge in [0, 0.05) is 12.2 Å². The molecule has 1 N–H and O–H groups in total. The minimum atomic E-state index is 0.597. The highest BCUT2D eigenvalue weighted by molar-refractivity contribution is 4.99. The molecule has 3 nitrogen and oxygen atoms in total.